The van der Waals surface area contributed by atoms with Crippen LogP contribution in [0.15, 0.2) is 12.5 Å². The monoisotopic (exact) mass is 208 g/mol. The van der Waals surface area contributed by atoms with Crippen molar-refractivity contribution in [2.45, 2.75) is 32.5 Å². The van der Waals surface area contributed by atoms with Crippen molar-refractivity contribution in [2.24, 2.45) is 7.05 Å². The van der Waals surface area contributed by atoms with E-state index in [1.807, 2.05) is 12.5 Å². The molecule has 1 aliphatic heterocycles. The summed E-state index contributed by atoms with van der Waals surface area (Å²) in [5.41, 5.74) is 1.29. The van der Waals surface area contributed by atoms with Gasteiger partial charge in [-0.15, -0.1) is 0 Å². The fourth-order valence-electron chi connectivity index (χ4n) is 2.09. The predicted octanol–water partition coefficient (Wildman–Crippen LogP) is 0.602. The summed E-state index contributed by atoms with van der Waals surface area (Å²) in [6.07, 6.45) is 3.82. The van der Waals surface area contributed by atoms with Gasteiger partial charge in [0, 0.05) is 45.0 Å². The van der Waals surface area contributed by atoms with Crippen molar-refractivity contribution in [1.29, 1.82) is 0 Å². The molecule has 0 spiro atoms. The first-order valence-corrected chi connectivity index (χ1v) is 5.61. The normalized spacial score (nSPS) is 28.2. The molecule has 0 aliphatic carbocycles. The number of piperazine rings is 1. The molecule has 1 aromatic rings. The second-order valence-electron chi connectivity index (χ2n) is 4.45. The van der Waals surface area contributed by atoms with Gasteiger partial charge in [-0.25, -0.2) is 4.98 Å². The Morgan fingerprint density at radius 3 is 3.00 bits per heavy atom. The Kier molecular flexibility index (Phi) is 3.07. The average Bonchev–Trinajstić information content (AvgIpc) is 2.60. The molecule has 2 rings (SSSR count). The van der Waals surface area contributed by atoms with Gasteiger partial charge < -0.3 is 9.88 Å². The van der Waals surface area contributed by atoms with E-state index in [-0.39, 0.29) is 0 Å². The van der Waals surface area contributed by atoms with Crippen LogP contribution in [0.4, 0.5) is 0 Å². The lowest BCUT2D eigenvalue weighted by atomic mass is 10.1. The number of aromatic nitrogens is 2. The van der Waals surface area contributed by atoms with Crippen molar-refractivity contribution >= 4 is 0 Å². The van der Waals surface area contributed by atoms with Gasteiger partial charge in [-0.3, -0.25) is 4.90 Å². The van der Waals surface area contributed by atoms with Crippen LogP contribution >= 0.6 is 0 Å². The van der Waals surface area contributed by atoms with Crippen LogP contribution in [0.1, 0.15) is 19.5 Å². The fraction of sp³-hybridized carbons (Fsp3) is 0.727. The molecule has 4 heteroatoms. The topological polar surface area (TPSA) is 33.1 Å². The molecule has 1 aliphatic rings. The zero-order valence-electron chi connectivity index (χ0n) is 9.77. The quantitative estimate of drug-likeness (QED) is 0.772. The average molecular weight is 208 g/mol. The van der Waals surface area contributed by atoms with Crippen LogP contribution in [-0.4, -0.2) is 39.6 Å². The third-order valence-corrected chi connectivity index (χ3v) is 3.45. The molecule has 0 aromatic carbocycles. The molecule has 4 nitrogen and oxygen atoms in total. The van der Waals surface area contributed by atoms with Gasteiger partial charge in [0.2, 0.25) is 0 Å². The van der Waals surface area contributed by atoms with Crippen molar-refractivity contribution < 1.29 is 0 Å². The summed E-state index contributed by atoms with van der Waals surface area (Å²) in [4.78, 5) is 6.66. The first-order chi connectivity index (χ1) is 7.18. The number of aryl methyl sites for hydroxylation is 1. The van der Waals surface area contributed by atoms with Crippen LogP contribution in [0.2, 0.25) is 0 Å². The SMILES string of the molecule is CC1NCCN(Cc2cncn2C)C1C. The summed E-state index contributed by atoms with van der Waals surface area (Å²) in [6.45, 7) is 7.75. The van der Waals surface area contributed by atoms with Gasteiger partial charge >= 0.3 is 0 Å². The minimum absolute atomic E-state index is 0.576. The lowest BCUT2D eigenvalue weighted by Crippen LogP contribution is -2.54. The zero-order chi connectivity index (χ0) is 10.8. The predicted molar refractivity (Wildman–Crippen MR) is 60.5 cm³/mol. The first-order valence-electron chi connectivity index (χ1n) is 5.61. The van der Waals surface area contributed by atoms with Crippen LogP contribution in [-0.2, 0) is 13.6 Å². The van der Waals surface area contributed by atoms with Crippen LogP contribution in [0.5, 0.6) is 0 Å². The molecular weight excluding hydrogens is 188 g/mol. The molecule has 0 radical (unpaired) electrons. The Hall–Kier alpha value is -0.870. The Balaban J connectivity index is 2.02. The molecule has 0 saturated carbocycles. The minimum Gasteiger partial charge on any atom is -0.337 e. The molecule has 2 atom stereocenters. The van der Waals surface area contributed by atoms with E-state index in [2.05, 4.69) is 40.7 Å². The van der Waals surface area contributed by atoms with Gasteiger partial charge in [0.1, 0.15) is 0 Å². The number of nitrogens with zero attached hydrogens (tertiary/aromatic N) is 3. The van der Waals surface area contributed by atoms with Gasteiger partial charge in [-0.05, 0) is 13.8 Å². The summed E-state index contributed by atoms with van der Waals surface area (Å²) in [5.74, 6) is 0. The molecule has 2 heterocycles. The molecule has 1 aromatic heterocycles. The molecule has 2 unspecified atom stereocenters. The Morgan fingerprint density at radius 2 is 2.33 bits per heavy atom. The smallest absolute Gasteiger partial charge is 0.0945 e. The summed E-state index contributed by atoms with van der Waals surface area (Å²) < 4.78 is 2.10. The number of hydrogen-bond acceptors (Lipinski definition) is 3. The summed E-state index contributed by atoms with van der Waals surface area (Å²) in [5, 5.41) is 3.49. The molecule has 0 amide bonds. The van der Waals surface area contributed by atoms with Crippen molar-refractivity contribution in [3.05, 3.63) is 18.2 Å². The van der Waals surface area contributed by atoms with E-state index in [0.717, 1.165) is 19.6 Å². The highest BCUT2D eigenvalue weighted by atomic mass is 15.2. The second kappa shape index (κ2) is 4.33. The maximum Gasteiger partial charge on any atom is 0.0945 e. The van der Waals surface area contributed by atoms with Gasteiger partial charge in [0.05, 0.1) is 12.0 Å². The van der Waals surface area contributed by atoms with E-state index in [9.17, 15) is 0 Å². The fourth-order valence-corrected chi connectivity index (χ4v) is 2.09. The Morgan fingerprint density at radius 1 is 1.53 bits per heavy atom. The highest BCUT2D eigenvalue weighted by Crippen LogP contribution is 2.12. The molecule has 84 valence electrons. The van der Waals surface area contributed by atoms with E-state index in [0.29, 0.717) is 12.1 Å². The Labute approximate surface area is 91.3 Å². The largest absolute Gasteiger partial charge is 0.337 e. The summed E-state index contributed by atoms with van der Waals surface area (Å²) in [6, 6.07) is 1.17. The maximum absolute atomic E-state index is 4.15. The number of rotatable bonds is 2. The van der Waals surface area contributed by atoms with E-state index >= 15 is 0 Å². The number of imidazole rings is 1. The van der Waals surface area contributed by atoms with E-state index in [4.69, 9.17) is 0 Å². The highest BCUT2D eigenvalue weighted by molar-refractivity contribution is 4.99. The van der Waals surface area contributed by atoms with Crippen molar-refractivity contribution in [1.82, 2.24) is 19.8 Å². The zero-order valence-corrected chi connectivity index (χ0v) is 9.77. The van der Waals surface area contributed by atoms with Gasteiger partial charge in [0.25, 0.3) is 0 Å². The van der Waals surface area contributed by atoms with Crippen LogP contribution in [0, 0.1) is 0 Å². The van der Waals surface area contributed by atoms with Crippen molar-refractivity contribution in [3.8, 4) is 0 Å². The van der Waals surface area contributed by atoms with Gasteiger partial charge in [-0.2, -0.15) is 0 Å². The third-order valence-electron chi connectivity index (χ3n) is 3.45. The van der Waals surface area contributed by atoms with E-state index in [1.54, 1.807) is 0 Å². The molecule has 1 N–H and O–H groups in total. The van der Waals surface area contributed by atoms with Crippen molar-refractivity contribution in [3.63, 3.8) is 0 Å². The lowest BCUT2D eigenvalue weighted by Gasteiger charge is -2.38. The molecule has 0 bridgehead atoms. The van der Waals surface area contributed by atoms with E-state index in [1.165, 1.54) is 5.69 Å². The maximum atomic E-state index is 4.15. The Bertz CT molecular complexity index is 320. The van der Waals surface area contributed by atoms with Crippen LogP contribution in [0.3, 0.4) is 0 Å². The molecule has 1 fully saturated rings. The molecule has 15 heavy (non-hydrogen) atoms. The van der Waals surface area contributed by atoms with Crippen LogP contribution < -0.4 is 5.32 Å². The molecular formula is C11H20N4. The summed E-state index contributed by atoms with van der Waals surface area (Å²) >= 11 is 0. The summed E-state index contributed by atoms with van der Waals surface area (Å²) in [7, 11) is 2.05. The lowest BCUT2D eigenvalue weighted by molar-refractivity contribution is 0.128. The third kappa shape index (κ3) is 2.21. The molecule has 1 saturated heterocycles. The minimum atomic E-state index is 0.576. The van der Waals surface area contributed by atoms with Crippen LogP contribution in [0.25, 0.3) is 0 Å². The standard InChI is InChI=1S/C11H20N4/c1-9-10(2)15(5-4-13-9)7-11-6-12-8-14(11)3/h6,8-10,13H,4-5,7H2,1-3H3. The number of nitrogens with one attached hydrogen (secondary N) is 1. The van der Waals surface area contributed by atoms with E-state index < -0.39 is 0 Å². The van der Waals surface area contributed by atoms with Gasteiger partial charge in [0.15, 0.2) is 0 Å². The second-order valence-corrected chi connectivity index (χ2v) is 4.45. The van der Waals surface area contributed by atoms with Gasteiger partial charge in [-0.1, -0.05) is 0 Å². The number of hydrogen-bond donors (Lipinski definition) is 1. The highest BCUT2D eigenvalue weighted by Gasteiger charge is 2.24. The first kappa shape index (κ1) is 10.6. The van der Waals surface area contributed by atoms with Crippen molar-refractivity contribution in [2.75, 3.05) is 13.1 Å².